The van der Waals surface area contributed by atoms with Gasteiger partial charge in [-0.15, -0.1) is 11.3 Å². The van der Waals surface area contributed by atoms with Crippen LogP contribution in [0.2, 0.25) is 0 Å². The molecule has 0 aliphatic carbocycles. The number of nitrogens with zero attached hydrogens (tertiary/aromatic N) is 2. The molecule has 5 heteroatoms. The van der Waals surface area contributed by atoms with Crippen molar-refractivity contribution in [3.05, 3.63) is 40.1 Å². The Balaban J connectivity index is 2.04. The van der Waals surface area contributed by atoms with Gasteiger partial charge < -0.3 is 10.4 Å². The Bertz CT molecular complexity index is 470. The van der Waals surface area contributed by atoms with E-state index in [-0.39, 0.29) is 6.61 Å². The molecule has 0 aromatic carbocycles. The highest BCUT2D eigenvalue weighted by atomic mass is 32.1. The van der Waals surface area contributed by atoms with Crippen molar-refractivity contribution in [1.29, 1.82) is 0 Å². The first-order valence-corrected chi connectivity index (χ1v) is 5.86. The second-order valence-corrected chi connectivity index (χ2v) is 4.37. The van der Waals surface area contributed by atoms with Crippen LogP contribution in [0.1, 0.15) is 16.3 Å². The molecule has 16 heavy (non-hydrogen) atoms. The Labute approximate surface area is 98.0 Å². The summed E-state index contributed by atoms with van der Waals surface area (Å²) in [5, 5.41) is 15.4. The van der Waals surface area contributed by atoms with E-state index in [2.05, 4.69) is 15.3 Å². The highest BCUT2D eigenvalue weighted by Gasteiger charge is 2.02. The summed E-state index contributed by atoms with van der Waals surface area (Å²) in [6, 6.07) is 1.80. The molecular weight excluding hydrogens is 222 g/mol. The summed E-state index contributed by atoms with van der Waals surface area (Å²) in [7, 11) is 0. The maximum atomic E-state index is 9.14. The van der Waals surface area contributed by atoms with Crippen molar-refractivity contribution in [2.75, 3.05) is 5.32 Å². The first-order valence-electron chi connectivity index (χ1n) is 4.98. The number of aryl methyl sites for hydroxylation is 1. The number of aliphatic hydroxyl groups excluding tert-OH is 1. The number of anilines is 1. The lowest BCUT2D eigenvalue weighted by Gasteiger charge is -2.07. The molecule has 2 N–H and O–H groups in total. The molecule has 0 amide bonds. The van der Waals surface area contributed by atoms with Crippen LogP contribution in [0.5, 0.6) is 0 Å². The molecule has 2 heterocycles. The molecule has 0 saturated heterocycles. The summed E-state index contributed by atoms with van der Waals surface area (Å²) in [5.74, 6) is 0. The molecule has 84 valence electrons. The molecule has 2 rings (SSSR count). The van der Waals surface area contributed by atoms with Crippen molar-refractivity contribution in [2.24, 2.45) is 0 Å². The third-order valence-electron chi connectivity index (χ3n) is 2.18. The van der Waals surface area contributed by atoms with Gasteiger partial charge >= 0.3 is 0 Å². The van der Waals surface area contributed by atoms with Crippen molar-refractivity contribution < 1.29 is 5.11 Å². The Hall–Kier alpha value is -1.46. The molecule has 0 aliphatic rings. The van der Waals surface area contributed by atoms with Crippen molar-refractivity contribution in [1.82, 2.24) is 9.97 Å². The maximum Gasteiger partial charge on any atom is 0.112 e. The van der Waals surface area contributed by atoms with E-state index in [9.17, 15) is 0 Å². The van der Waals surface area contributed by atoms with Crippen molar-refractivity contribution in [3.63, 3.8) is 0 Å². The fraction of sp³-hybridized carbons (Fsp3) is 0.273. The van der Waals surface area contributed by atoms with Gasteiger partial charge in [0.1, 0.15) is 5.01 Å². The average Bonchev–Trinajstić information content (AvgIpc) is 2.73. The largest absolute Gasteiger partial charge is 0.392 e. The van der Waals surface area contributed by atoms with E-state index in [0.29, 0.717) is 6.54 Å². The lowest BCUT2D eigenvalue weighted by Crippen LogP contribution is -2.02. The average molecular weight is 235 g/mol. The number of rotatable bonds is 4. The van der Waals surface area contributed by atoms with E-state index < -0.39 is 0 Å². The molecule has 0 bridgehead atoms. The highest BCUT2D eigenvalue weighted by molar-refractivity contribution is 7.09. The van der Waals surface area contributed by atoms with Crippen LogP contribution in [0, 0.1) is 6.92 Å². The topological polar surface area (TPSA) is 58.0 Å². The fourth-order valence-corrected chi connectivity index (χ4v) is 2.09. The van der Waals surface area contributed by atoms with Gasteiger partial charge in [0.15, 0.2) is 0 Å². The molecule has 0 atom stereocenters. The first-order chi connectivity index (χ1) is 7.79. The van der Waals surface area contributed by atoms with Crippen LogP contribution in [0.15, 0.2) is 23.8 Å². The van der Waals surface area contributed by atoms with Crippen LogP contribution >= 0.6 is 11.3 Å². The highest BCUT2D eigenvalue weighted by Crippen LogP contribution is 2.16. The molecule has 0 unspecified atom stereocenters. The van der Waals surface area contributed by atoms with Crippen LogP contribution in [0.4, 0.5) is 5.69 Å². The van der Waals surface area contributed by atoms with Gasteiger partial charge in [-0.2, -0.15) is 0 Å². The molecule has 0 spiro atoms. The van der Waals surface area contributed by atoms with Crippen LogP contribution in [0.3, 0.4) is 0 Å². The number of thiazole rings is 1. The molecule has 0 radical (unpaired) electrons. The second kappa shape index (κ2) is 5.05. The first kappa shape index (κ1) is 11.0. The number of nitrogens with one attached hydrogen (secondary N) is 1. The third kappa shape index (κ3) is 2.56. The molecule has 2 aromatic rings. The normalized spacial score (nSPS) is 10.4. The fourth-order valence-electron chi connectivity index (χ4n) is 1.38. The molecule has 0 fully saturated rings. The Morgan fingerprint density at radius 3 is 3.06 bits per heavy atom. The van der Waals surface area contributed by atoms with Gasteiger partial charge in [0.2, 0.25) is 0 Å². The van der Waals surface area contributed by atoms with Crippen molar-refractivity contribution in [2.45, 2.75) is 20.1 Å². The summed E-state index contributed by atoms with van der Waals surface area (Å²) in [4.78, 5) is 8.37. The monoisotopic (exact) mass is 235 g/mol. The summed E-state index contributed by atoms with van der Waals surface area (Å²) < 4.78 is 0. The minimum atomic E-state index is 0.0156. The lowest BCUT2D eigenvalue weighted by molar-refractivity contribution is 0.282. The van der Waals surface area contributed by atoms with Gasteiger partial charge in [0, 0.05) is 22.8 Å². The van der Waals surface area contributed by atoms with E-state index in [4.69, 9.17) is 5.11 Å². The van der Waals surface area contributed by atoms with Crippen LogP contribution in [0.25, 0.3) is 0 Å². The molecular formula is C11H13N3OS. The summed E-state index contributed by atoms with van der Waals surface area (Å²) in [5.41, 5.74) is 2.75. The van der Waals surface area contributed by atoms with Gasteiger partial charge in [0.05, 0.1) is 25.0 Å². The number of aromatic nitrogens is 2. The number of pyridine rings is 1. The standard InChI is InChI=1S/C11H13N3OS/c1-8-7-16-11(14-8)5-13-10-4-12-3-2-9(10)6-15/h2-4,7,13,15H,5-6H2,1H3. The van der Waals surface area contributed by atoms with Crippen LogP contribution in [-0.4, -0.2) is 15.1 Å². The summed E-state index contributed by atoms with van der Waals surface area (Å²) >= 11 is 1.63. The van der Waals surface area contributed by atoms with Crippen molar-refractivity contribution in [3.8, 4) is 0 Å². The molecule has 4 nitrogen and oxygen atoms in total. The maximum absolute atomic E-state index is 9.14. The van der Waals surface area contributed by atoms with Gasteiger partial charge in [-0.3, -0.25) is 4.98 Å². The van der Waals surface area contributed by atoms with Crippen LogP contribution < -0.4 is 5.32 Å². The van der Waals surface area contributed by atoms with Gasteiger partial charge in [-0.05, 0) is 13.0 Å². The van der Waals surface area contributed by atoms with E-state index in [0.717, 1.165) is 22.0 Å². The zero-order valence-corrected chi connectivity index (χ0v) is 9.79. The van der Waals surface area contributed by atoms with E-state index in [1.165, 1.54) is 0 Å². The van der Waals surface area contributed by atoms with Gasteiger partial charge in [0.25, 0.3) is 0 Å². The Morgan fingerprint density at radius 2 is 2.38 bits per heavy atom. The summed E-state index contributed by atoms with van der Waals surface area (Å²) in [6.07, 6.45) is 3.39. The third-order valence-corrected chi connectivity index (χ3v) is 3.15. The molecule has 0 aliphatic heterocycles. The minimum absolute atomic E-state index is 0.0156. The van der Waals surface area contributed by atoms with Crippen molar-refractivity contribution >= 4 is 17.0 Å². The zero-order chi connectivity index (χ0) is 11.4. The molecule has 2 aromatic heterocycles. The van der Waals surface area contributed by atoms with E-state index >= 15 is 0 Å². The second-order valence-electron chi connectivity index (χ2n) is 3.43. The van der Waals surface area contributed by atoms with Crippen LogP contribution in [-0.2, 0) is 13.2 Å². The predicted molar refractivity (Wildman–Crippen MR) is 64.3 cm³/mol. The number of aliphatic hydroxyl groups is 1. The smallest absolute Gasteiger partial charge is 0.112 e. The quantitative estimate of drug-likeness (QED) is 0.850. The predicted octanol–water partition coefficient (Wildman–Crippen LogP) is 1.95. The Morgan fingerprint density at radius 1 is 1.50 bits per heavy atom. The lowest BCUT2D eigenvalue weighted by atomic mass is 10.2. The Kier molecular flexibility index (Phi) is 3.48. The zero-order valence-electron chi connectivity index (χ0n) is 8.97. The SMILES string of the molecule is Cc1csc(CNc2cnccc2CO)n1. The minimum Gasteiger partial charge on any atom is -0.392 e. The molecule has 0 saturated carbocycles. The van der Waals surface area contributed by atoms with Gasteiger partial charge in [-0.1, -0.05) is 0 Å². The van der Waals surface area contributed by atoms with Gasteiger partial charge in [-0.25, -0.2) is 4.98 Å². The van der Waals surface area contributed by atoms with E-state index in [1.807, 2.05) is 12.3 Å². The van der Waals surface area contributed by atoms with E-state index in [1.54, 1.807) is 29.8 Å². The number of hydrogen-bond acceptors (Lipinski definition) is 5. The summed E-state index contributed by atoms with van der Waals surface area (Å²) in [6.45, 7) is 2.65. The number of hydrogen-bond donors (Lipinski definition) is 2.